The standard InChI is InChI=1S/C11H20N2O/c1-6-9(2)14-10-7-8-13(12-10)11(3,4)5/h7-9H,6H2,1-5H3/t9-/m1/s1. The Labute approximate surface area is 86.1 Å². The van der Waals surface area contributed by atoms with Crippen molar-refractivity contribution in [3.8, 4) is 5.88 Å². The molecule has 1 aromatic heterocycles. The molecule has 0 saturated carbocycles. The van der Waals surface area contributed by atoms with Gasteiger partial charge in [0.25, 0.3) is 0 Å². The summed E-state index contributed by atoms with van der Waals surface area (Å²) in [7, 11) is 0. The van der Waals surface area contributed by atoms with Gasteiger partial charge in [-0.3, -0.25) is 4.68 Å². The van der Waals surface area contributed by atoms with Gasteiger partial charge in [-0.25, -0.2) is 0 Å². The van der Waals surface area contributed by atoms with Crippen molar-refractivity contribution in [2.24, 2.45) is 0 Å². The Morgan fingerprint density at radius 2 is 2.14 bits per heavy atom. The van der Waals surface area contributed by atoms with Crippen LogP contribution in [0.4, 0.5) is 0 Å². The van der Waals surface area contributed by atoms with Crippen LogP contribution in [0.15, 0.2) is 12.3 Å². The van der Waals surface area contributed by atoms with E-state index >= 15 is 0 Å². The van der Waals surface area contributed by atoms with E-state index in [9.17, 15) is 0 Å². The molecule has 3 nitrogen and oxygen atoms in total. The third kappa shape index (κ3) is 2.76. The first-order valence-electron chi connectivity index (χ1n) is 5.16. The van der Waals surface area contributed by atoms with Gasteiger partial charge in [-0.1, -0.05) is 6.92 Å². The van der Waals surface area contributed by atoms with Gasteiger partial charge in [-0.15, -0.1) is 5.10 Å². The van der Waals surface area contributed by atoms with Gasteiger partial charge in [-0.2, -0.15) is 0 Å². The topological polar surface area (TPSA) is 27.1 Å². The Bertz CT molecular complexity index is 286. The van der Waals surface area contributed by atoms with Crippen LogP contribution in [0.1, 0.15) is 41.0 Å². The van der Waals surface area contributed by atoms with E-state index < -0.39 is 0 Å². The van der Waals surface area contributed by atoms with E-state index in [2.05, 4.69) is 39.7 Å². The van der Waals surface area contributed by atoms with Crippen LogP contribution in [0, 0.1) is 0 Å². The average molecular weight is 196 g/mol. The predicted molar refractivity (Wildman–Crippen MR) is 57.6 cm³/mol. The van der Waals surface area contributed by atoms with E-state index in [0.717, 1.165) is 6.42 Å². The molecular weight excluding hydrogens is 176 g/mol. The van der Waals surface area contributed by atoms with Crippen LogP contribution in [0.2, 0.25) is 0 Å². The highest BCUT2D eigenvalue weighted by molar-refractivity contribution is 5.07. The van der Waals surface area contributed by atoms with Gasteiger partial charge >= 0.3 is 0 Å². The smallest absolute Gasteiger partial charge is 0.232 e. The normalized spacial score (nSPS) is 14.1. The molecule has 14 heavy (non-hydrogen) atoms. The molecule has 0 unspecified atom stereocenters. The van der Waals surface area contributed by atoms with E-state index in [1.807, 2.05) is 16.9 Å². The van der Waals surface area contributed by atoms with Crippen LogP contribution in [0.25, 0.3) is 0 Å². The molecule has 0 fully saturated rings. The molecule has 0 aliphatic heterocycles. The molecule has 0 radical (unpaired) electrons. The van der Waals surface area contributed by atoms with Gasteiger partial charge < -0.3 is 4.74 Å². The molecule has 0 saturated heterocycles. The third-order valence-corrected chi connectivity index (χ3v) is 2.15. The molecule has 1 aromatic rings. The number of nitrogens with zero attached hydrogens (tertiary/aromatic N) is 2. The first-order chi connectivity index (χ1) is 6.43. The lowest BCUT2D eigenvalue weighted by Gasteiger charge is -2.18. The summed E-state index contributed by atoms with van der Waals surface area (Å²) in [5, 5.41) is 4.36. The Kier molecular flexibility index (Phi) is 3.19. The second-order valence-corrected chi connectivity index (χ2v) is 4.61. The van der Waals surface area contributed by atoms with Crippen LogP contribution in [0.3, 0.4) is 0 Å². The molecule has 3 heteroatoms. The van der Waals surface area contributed by atoms with Gasteiger partial charge in [0.15, 0.2) is 0 Å². The summed E-state index contributed by atoms with van der Waals surface area (Å²) in [6.45, 7) is 10.5. The average Bonchev–Trinajstić information content (AvgIpc) is 2.51. The molecule has 0 aromatic carbocycles. The lowest BCUT2D eigenvalue weighted by molar-refractivity contribution is 0.202. The second-order valence-electron chi connectivity index (χ2n) is 4.61. The van der Waals surface area contributed by atoms with Crippen LogP contribution >= 0.6 is 0 Å². The molecule has 0 bridgehead atoms. The summed E-state index contributed by atoms with van der Waals surface area (Å²) < 4.78 is 7.53. The maximum atomic E-state index is 5.61. The molecule has 0 amide bonds. The van der Waals surface area contributed by atoms with E-state index in [0.29, 0.717) is 5.88 Å². The van der Waals surface area contributed by atoms with E-state index in [1.54, 1.807) is 0 Å². The summed E-state index contributed by atoms with van der Waals surface area (Å²) in [5.74, 6) is 0.717. The van der Waals surface area contributed by atoms with Crippen LogP contribution in [0.5, 0.6) is 5.88 Å². The lowest BCUT2D eigenvalue weighted by atomic mass is 10.1. The van der Waals surface area contributed by atoms with Crippen LogP contribution < -0.4 is 4.74 Å². The lowest BCUT2D eigenvalue weighted by Crippen LogP contribution is -2.22. The molecule has 0 aliphatic rings. The Morgan fingerprint density at radius 3 is 2.57 bits per heavy atom. The highest BCUT2D eigenvalue weighted by Crippen LogP contribution is 2.17. The van der Waals surface area contributed by atoms with Gasteiger partial charge in [0, 0.05) is 12.3 Å². The fourth-order valence-corrected chi connectivity index (χ4v) is 1.03. The maximum Gasteiger partial charge on any atom is 0.232 e. The van der Waals surface area contributed by atoms with Crippen molar-refractivity contribution in [1.82, 2.24) is 9.78 Å². The third-order valence-electron chi connectivity index (χ3n) is 2.15. The van der Waals surface area contributed by atoms with E-state index in [-0.39, 0.29) is 11.6 Å². The zero-order valence-electron chi connectivity index (χ0n) is 9.74. The predicted octanol–water partition coefficient (Wildman–Crippen LogP) is 2.82. The molecule has 1 heterocycles. The highest BCUT2D eigenvalue weighted by Gasteiger charge is 2.14. The van der Waals surface area contributed by atoms with Crippen molar-refractivity contribution in [3.05, 3.63) is 12.3 Å². The Morgan fingerprint density at radius 1 is 1.50 bits per heavy atom. The van der Waals surface area contributed by atoms with Gasteiger partial charge in [0.2, 0.25) is 5.88 Å². The largest absolute Gasteiger partial charge is 0.474 e. The van der Waals surface area contributed by atoms with Gasteiger partial charge in [-0.05, 0) is 34.1 Å². The zero-order valence-corrected chi connectivity index (χ0v) is 9.74. The molecule has 0 N–H and O–H groups in total. The Hall–Kier alpha value is -0.990. The maximum absolute atomic E-state index is 5.61. The van der Waals surface area contributed by atoms with E-state index in [4.69, 9.17) is 4.74 Å². The molecule has 1 atom stereocenters. The molecule has 0 aliphatic carbocycles. The van der Waals surface area contributed by atoms with Crippen molar-refractivity contribution in [2.45, 2.75) is 52.7 Å². The first-order valence-corrected chi connectivity index (χ1v) is 5.16. The number of rotatable bonds is 3. The zero-order chi connectivity index (χ0) is 10.8. The molecular formula is C11H20N2O. The van der Waals surface area contributed by atoms with Crippen LogP contribution in [-0.2, 0) is 5.54 Å². The monoisotopic (exact) mass is 196 g/mol. The van der Waals surface area contributed by atoms with E-state index in [1.165, 1.54) is 0 Å². The van der Waals surface area contributed by atoms with Crippen molar-refractivity contribution in [1.29, 1.82) is 0 Å². The minimum absolute atomic E-state index is 0.0249. The van der Waals surface area contributed by atoms with Gasteiger partial charge in [0.05, 0.1) is 11.6 Å². The fraction of sp³-hybridized carbons (Fsp3) is 0.727. The summed E-state index contributed by atoms with van der Waals surface area (Å²) in [5.41, 5.74) is 0.0249. The SMILES string of the molecule is CC[C@@H](C)Oc1ccn(C(C)(C)C)n1. The van der Waals surface area contributed by atoms with Crippen molar-refractivity contribution in [2.75, 3.05) is 0 Å². The second kappa shape index (κ2) is 4.03. The van der Waals surface area contributed by atoms with Gasteiger partial charge in [0.1, 0.15) is 0 Å². The Balaban J connectivity index is 2.69. The summed E-state index contributed by atoms with van der Waals surface area (Å²) >= 11 is 0. The fourth-order valence-electron chi connectivity index (χ4n) is 1.03. The number of hydrogen-bond donors (Lipinski definition) is 0. The minimum Gasteiger partial charge on any atom is -0.474 e. The highest BCUT2D eigenvalue weighted by atomic mass is 16.5. The number of hydrogen-bond acceptors (Lipinski definition) is 2. The molecule has 1 rings (SSSR count). The first kappa shape index (κ1) is 11.1. The minimum atomic E-state index is 0.0249. The number of ether oxygens (including phenoxy) is 1. The van der Waals surface area contributed by atoms with Crippen molar-refractivity contribution >= 4 is 0 Å². The van der Waals surface area contributed by atoms with Crippen molar-refractivity contribution in [3.63, 3.8) is 0 Å². The molecule has 0 spiro atoms. The van der Waals surface area contributed by atoms with Crippen molar-refractivity contribution < 1.29 is 4.74 Å². The van der Waals surface area contributed by atoms with Crippen LogP contribution in [-0.4, -0.2) is 15.9 Å². The quantitative estimate of drug-likeness (QED) is 0.743. The summed E-state index contributed by atoms with van der Waals surface area (Å²) in [6.07, 6.45) is 3.19. The molecule has 80 valence electrons. The summed E-state index contributed by atoms with van der Waals surface area (Å²) in [6, 6.07) is 1.91. The number of aromatic nitrogens is 2. The summed E-state index contributed by atoms with van der Waals surface area (Å²) in [4.78, 5) is 0.